The van der Waals surface area contributed by atoms with Crippen molar-refractivity contribution in [1.82, 2.24) is 20.2 Å². The first kappa shape index (κ1) is 11.7. The highest BCUT2D eigenvalue weighted by atomic mass is 15.1. The highest BCUT2D eigenvalue weighted by Crippen LogP contribution is 2.17. The first-order chi connectivity index (χ1) is 8.83. The van der Waals surface area contributed by atoms with Gasteiger partial charge < -0.3 is 15.2 Å². The lowest BCUT2D eigenvalue weighted by molar-refractivity contribution is 0.294. The fourth-order valence-electron chi connectivity index (χ4n) is 2.79. The van der Waals surface area contributed by atoms with Crippen LogP contribution in [-0.4, -0.2) is 41.0 Å². The average molecular weight is 244 g/mol. The van der Waals surface area contributed by atoms with Gasteiger partial charge in [-0.2, -0.15) is 0 Å². The third-order valence-electron chi connectivity index (χ3n) is 3.67. The number of aromatic amines is 1. The highest BCUT2D eigenvalue weighted by Gasteiger charge is 2.16. The van der Waals surface area contributed by atoms with Gasteiger partial charge in [0.05, 0.1) is 0 Å². The Morgan fingerprint density at radius 2 is 2.44 bits per heavy atom. The molecule has 0 amide bonds. The van der Waals surface area contributed by atoms with Crippen LogP contribution in [0.15, 0.2) is 24.5 Å². The van der Waals surface area contributed by atoms with Gasteiger partial charge in [0.15, 0.2) is 0 Å². The topological polar surface area (TPSA) is 44.0 Å². The summed E-state index contributed by atoms with van der Waals surface area (Å²) in [6.45, 7) is 3.27. The van der Waals surface area contributed by atoms with Crippen LogP contribution in [0.4, 0.5) is 0 Å². The molecule has 0 aliphatic carbocycles. The number of fused-ring (bicyclic) bond motifs is 1. The van der Waals surface area contributed by atoms with Gasteiger partial charge in [0.1, 0.15) is 5.65 Å². The van der Waals surface area contributed by atoms with Gasteiger partial charge in [-0.1, -0.05) is 0 Å². The zero-order valence-corrected chi connectivity index (χ0v) is 10.8. The third-order valence-corrected chi connectivity index (χ3v) is 3.67. The number of aromatic nitrogens is 2. The van der Waals surface area contributed by atoms with Crippen molar-refractivity contribution in [2.45, 2.75) is 25.4 Å². The molecular weight excluding hydrogens is 224 g/mol. The largest absolute Gasteiger partial charge is 0.346 e. The molecule has 4 heteroatoms. The summed E-state index contributed by atoms with van der Waals surface area (Å²) in [6, 6.07) is 4.80. The zero-order chi connectivity index (χ0) is 12.4. The Morgan fingerprint density at radius 1 is 1.50 bits per heavy atom. The molecular formula is C14H20N4. The first-order valence-corrected chi connectivity index (χ1v) is 6.66. The van der Waals surface area contributed by atoms with E-state index < -0.39 is 0 Å². The number of rotatable bonds is 4. The Bertz CT molecular complexity index is 513. The van der Waals surface area contributed by atoms with Gasteiger partial charge in [-0.05, 0) is 44.1 Å². The summed E-state index contributed by atoms with van der Waals surface area (Å²) < 4.78 is 0. The van der Waals surface area contributed by atoms with Crippen LogP contribution in [0.2, 0.25) is 0 Å². The molecule has 1 aliphatic heterocycles. The monoisotopic (exact) mass is 244 g/mol. The molecule has 1 atom stereocenters. The van der Waals surface area contributed by atoms with Crippen LogP contribution in [0.3, 0.4) is 0 Å². The molecule has 1 aliphatic rings. The van der Waals surface area contributed by atoms with E-state index in [4.69, 9.17) is 0 Å². The van der Waals surface area contributed by atoms with Gasteiger partial charge in [-0.15, -0.1) is 0 Å². The van der Waals surface area contributed by atoms with Crippen molar-refractivity contribution >= 4 is 11.0 Å². The molecule has 0 saturated carbocycles. The molecule has 96 valence electrons. The molecule has 0 radical (unpaired) electrons. The summed E-state index contributed by atoms with van der Waals surface area (Å²) in [5.41, 5.74) is 2.32. The van der Waals surface area contributed by atoms with Crippen LogP contribution < -0.4 is 5.32 Å². The van der Waals surface area contributed by atoms with Crippen molar-refractivity contribution in [3.63, 3.8) is 0 Å². The van der Waals surface area contributed by atoms with Crippen LogP contribution in [0.25, 0.3) is 11.0 Å². The van der Waals surface area contributed by atoms with Crippen molar-refractivity contribution < 1.29 is 0 Å². The molecule has 1 saturated heterocycles. The maximum absolute atomic E-state index is 4.33. The minimum atomic E-state index is 0.665. The number of likely N-dealkylation sites (N-methyl/N-ethyl adjacent to an activating group) is 1. The predicted molar refractivity (Wildman–Crippen MR) is 73.5 cm³/mol. The number of nitrogens with one attached hydrogen (secondary N) is 2. The molecule has 1 unspecified atom stereocenters. The lowest BCUT2D eigenvalue weighted by Gasteiger charge is -2.20. The van der Waals surface area contributed by atoms with E-state index in [1.54, 1.807) is 0 Å². The molecule has 3 heterocycles. The fourth-order valence-corrected chi connectivity index (χ4v) is 2.79. The second kappa shape index (κ2) is 5.08. The van der Waals surface area contributed by atoms with Crippen molar-refractivity contribution in [1.29, 1.82) is 0 Å². The van der Waals surface area contributed by atoms with Crippen LogP contribution in [-0.2, 0) is 6.54 Å². The second-order valence-electron chi connectivity index (χ2n) is 5.20. The minimum absolute atomic E-state index is 0.665. The lowest BCUT2D eigenvalue weighted by Crippen LogP contribution is -2.34. The molecule has 2 aromatic heterocycles. The zero-order valence-electron chi connectivity index (χ0n) is 10.8. The van der Waals surface area contributed by atoms with Crippen LogP contribution in [0, 0.1) is 0 Å². The first-order valence-electron chi connectivity index (χ1n) is 6.66. The van der Waals surface area contributed by atoms with Crippen LogP contribution in [0.5, 0.6) is 0 Å². The number of pyridine rings is 1. The summed E-state index contributed by atoms with van der Waals surface area (Å²) in [7, 11) is 2.19. The molecule has 0 spiro atoms. The Morgan fingerprint density at radius 3 is 3.28 bits per heavy atom. The smallest absolute Gasteiger partial charge is 0.137 e. The number of H-pyrrole nitrogens is 1. The molecule has 2 N–H and O–H groups in total. The van der Waals surface area contributed by atoms with Gasteiger partial charge in [0, 0.05) is 36.9 Å². The van der Waals surface area contributed by atoms with Crippen LogP contribution in [0.1, 0.15) is 18.4 Å². The minimum Gasteiger partial charge on any atom is -0.346 e. The fraction of sp³-hybridized carbons (Fsp3) is 0.500. The number of nitrogens with zero attached hydrogens (tertiary/aromatic N) is 2. The lowest BCUT2D eigenvalue weighted by atomic mass is 10.2. The second-order valence-corrected chi connectivity index (χ2v) is 5.20. The van der Waals surface area contributed by atoms with E-state index in [-0.39, 0.29) is 0 Å². The molecule has 2 aromatic rings. The van der Waals surface area contributed by atoms with Crippen LogP contribution >= 0.6 is 0 Å². The summed E-state index contributed by atoms with van der Waals surface area (Å²) in [5, 5.41) is 4.78. The molecule has 1 fully saturated rings. The van der Waals surface area contributed by atoms with E-state index in [2.05, 4.69) is 39.5 Å². The third kappa shape index (κ3) is 2.40. The van der Waals surface area contributed by atoms with E-state index in [9.17, 15) is 0 Å². The molecule has 0 bridgehead atoms. The van der Waals surface area contributed by atoms with Crippen molar-refractivity contribution in [2.24, 2.45) is 0 Å². The Labute approximate surface area is 107 Å². The van der Waals surface area contributed by atoms with Crippen molar-refractivity contribution in [3.05, 3.63) is 30.1 Å². The van der Waals surface area contributed by atoms with Crippen molar-refractivity contribution in [2.75, 3.05) is 20.1 Å². The summed E-state index contributed by atoms with van der Waals surface area (Å²) in [4.78, 5) is 9.95. The van der Waals surface area contributed by atoms with E-state index in [1.165, 1.54) is 30.3 Å². The van der Waals surface area contributed by atoms with Gasteiger partial charge >= 0.3 is 0 Å². The quantitative estimate of drug-likeness (QED) is 0.861. The maximum Gasteiger partial charge on any atom is 0.137 e. The Kier molecular flexibility index (Phi) is 3.30. The molecule has 3 rings (SSSR count). The SMILES string of the molecule is CN(Cc1c[nH]c2ncccc12)CC1CCCN1. The maximum atomic E-state index is 4.33. The molecule has 18 heavy (non-hydrogen) atoms. The number of hydrogen-bond donors (Lipinski definition) is 2. The molecule has 0 aromatic carbocycles. The van der Waals surface area contributed by atoms with E-state index in [1.807, 2.05) is 12.3 Å². The van der Waals surface area contributed by atoms with E-state index >= 15 is 0 Å². The predicted octanol–water partition coefficient (Wildman–Crippen LogP) is 1.75. The summed E-state index contributed by atoms with van der Waals surface area (Å²) in [6.07, 6.45) is 6.53. The number of hydrogen-bond acceptors (Lipinski definition) is 3. The molecule has 4 nitrogen and oxygen atoms in total. The van der Waals surface area contributed by atoms with Gasteiger partial charge in [-0.25, -0.2) is 4.98 Å². The van der Waals surface area contributed by atoms with Gasteiger partial charge in [0.25, 0.3) is 0 Å². The van der Waals surface area contributed by atoms with Gasteiger partial charge in [0.2, 0.25) is 0 Å². The average Bonchev–Trinajstić information content (AvgIpc) is 3.00. The standard InChI is InChI=1S/C14H20N4/c1-18(10-12-4-2-6-15-12)9-11-8-17-14-13(11)5-3-7-16-14/h3,5,7-8,12,15H,2,4,6,9-10H2,1H3,(H,16,17). The summed E-state index contributed by atoms with van der Waals surface area (Å²) >= 11 is 0. The van der Waals surface area contributed by atoms with Gasteiger partial charge in [-0.3, -0.25) is 0 Å². The van der Waals surface area contributed by atoms with Crippen molar-refractivity contribution in [3.8, 4) is 0 Å². The Balaban J connectivity index is 1.67. The van der Waals surface area contributed by atoms with E-state index in [0.717, 1.165) is 18.7 Å². The normalized spacial score (nSPS) is 20.0. The summed E-state index contributed by atoms with van der Waals surface area (Å²) in [5.74, 6) is 0. The van der Waals surface area contributed by atoms with E-state index in [0.29, 0.717) is 6.04 Å². The Hall–Kier alpha value is -1.39. The highest BCUT2D eigenvalue weighted by molar-refractivity contribution is 5.79.